The average Bonchev–Trinajstić information content (AvgIpc) is 3.29. The molecule has 0 radical (unpaired) electrons. The SMILES string of the molecule is COCCCNC(=O)c1cnn2c(N)c(-c3ccc(NS(=O)(=O)c4cccc(Cl)c4Cl)cc3F)cnc12. The summed E-state index contributed by atoms with van der Waals surface area (Å²) in [6, 6.07) is 7.87. The van der Waals surface area contributed by atoms with Gasteiger partial charge in [0.1, 0.15) is 22.1 Å². The van der Waals surface area contributed by atoms with E-state index in [1.54, 1.807) is 7.11 Å². The summed E-state index contributed by atoms with van der Waals surface area (Å²) < 4.78 is 49.0. The van der Waals surface area contributed by atoms with Crippen molar-refractivity contribution in [2.75, 3.05) is 30.7 Å². The Kier molecular flexibility index (Phi) is 7.83. The molecule has 0 saturated heterocycles. The fraction of sp³-hybridized carbons (Fsp3) is 0.174. The molecule has 4 N–H and O–H groups in total. The summed E-state index contributed by atoms with van der Waals surface area (Å²) in [4.78, 5) is 16.5. The molecular weight excluding hydrogens is 546 g/mol. The van der Waals surface area contributed by atoms with Crippen LogP contribution in [0.2, 0.25) is 10.0 Å². The van der Waals surface area contributed by atoms with E-state index in [-0.39, 0.29) is 54.7 Å². The van der Waals surface area contributed by atoms with Crippen LogP contribution in [0.15, 0.2) is 53.7 Å². The molecule has 0 aliphatic heterocycles. The van der Waals surface area contributed by atoms with Crippen molar-refractivity contribution in [1.82, 2.24) is 19.9 Å². The number of hydrogen-bond acceptors (Lipinski definition) is 7. The highest BCUT2D eigenvalue weighted by molar-refractivity contribution is 7.92. The lowest BCUT2D eigenvalue weighted by atomic mass is 10.1. The highest BCUT2D eigenvalue weighted by Crippen LogP contribution is 2.33. The van der Waals surface area contributed by atoms with Gasteiger partial charge in [-0.25, -0.2) is 17.8 Å². The van der Waals surface area contributed by atoms with Crippen LogP contribution in [-0.4, -0.2) is 49.2 Å². The molecule has 0 aliphatic carbocycles. The molecule has 14 heteroatoms. The van der Waals surface area contributed by atoms with Crippen LogP contribution in [0.25, 0.3) is 16.8 Å². The second-order valence-electron chi connectivity index (χ2n) is 7.81. The maximum Gasteiger partial charge on any atom is 0.263 e. The maximum atomic E-state index is 15.1. The number of ether oxygens (including phenoxy) is 1. The van der Waals surface area contributed by atoms with Crippen LogP contribution in [0.1, 0.15) is 16.8 Å². The second-order valence-corrected chi connectivity index (χ2v) is 10.2. The number of nitrogen functional groups attached to an aromatic ring is 1. The predicted octanol–water partition coefficient (Wildman–Crippen LogP) is 3.99. The first-order chi connectivity index (χ1) is 17.6. The number of anilines is 2. The number of fused-ring (bicyclic) bond motifs is 1. The lowest BCUT2D eigenvalue weighted by molar-refractivity contribution is 0.0950. The maximum absolute atomic E-state index is 15.1. The number of aromatic nitrogens is 3. The van der Waals surface area contributed by atoms with E-state index in [0.29, 0.717) is 19.6 Å². The Morgan fingerprint density at radius 2 is 1.97 bits per heavy atom. The number of hydrogen-bond donors (Lipinski definition) is 3. The van der Waals surface area contributed by atoms with Crippen LogP contribution in [0, 0.1) is 5.82 Å². The fourth-order valence-electron chi connectivity index (χ4n) is 3.53. The number of amides is 1. The van der Waals surface area contributed by atoms with E-state index in [0.717, 1.165) is 6.07 Å². The number of benzene rings is 2. The average molecular weight is 567 g/mol. The minimum Gasteiger partial charge on any atom is -0.385 e. The second kappa shape index (κ2) is 10.9. The van der Waals surface area contributed by atoms with Crippen LogP contribution in [0.5, 0.6) is 0 Å². The van der Waals surface area contributed by atoms with Crippen LogP contribution in [0.3, 0.4) is 0 Å². The highest BCUT2D eigenvalue weighted by Gasteiger charge is 2.22. The fourth-order valence-corrected chi connectivity index (χ4v) is 5.34. The van der Waals surface area contributed by atoms with E-state index in [1.807, 2.05) is 0 Å². The normalized spacial score (nSPS) is 11.6. The number of nitrogens with zero attached hydrogens (tertiary/aromatic N) is 3. The van der Waals surface area contributed by atoms with E-state index in [4.69, 9.17) is 33.7 Å². The molecule has 10 nitrogen and oxygen atoms in total. The van der Waals surface area contributed by atoms with E-state index in [9.17, 15) is 13.2 Å². The van der Waals surface area contributed by atoms with Gasteiger partial charge in [0.2, 0.25) is 0 Å². The molecule has 2 aromatic heterocycles. The first-order valence-electron chi connectivity index (χ1n) is 10.8. The minimum atomic E-state index is -4.14. The quantitative estimate of drug-likeness (QED) is 0.260. The number of sulfonamides is 1. The molecule has 0 saturated carbocycles. The molecule has 0 spiro atoms. The zero-order valence-electron chi connectivity index (χ0n) is 19.3. The first kappa shape index (κ1) is 26.6. The zero-order chi connectivity index (χ0) is 26.7. The molecule has 4 rings (SSSR count). The van der Waals surface area contributed by atoms with Gasteiger partial charge in [-0.2, -0.15) is 9.61 Å². The largest absolute Gasteiger partial charge is 0.385 e. The predicted molar refractivity (Wildman–Crippen MR) is 139 cm³/mol. The van der Waals surface area contributed by atoms with E-state index in [1.165, 1.54) is 47.2 Å². The number of halogens is 3. The van der Waals surface area contributed by atoms with Gasteiger partial charge in [0.05, 0.1) is 21.9 Å². The van der Waals surface area contributed by atoms with Gasteiger partial charge in [-0.1, -0.05) is 29.3 Å². The Labute approximate surface area is 221 Å². The molecule has 0 unspecified atom stereocenters. The van der Waals surface area contributed by atoms with Gasteiger partial charge in [-0.3, -0.25) is 9.52 Å². The molecular formula is C23H21Cl2FN6O4S. The smallest absolute Gasteiger partial charge is 0.263 e. The van der Waals surface area contributed by atoms with E-state index >= 15 is 4.39 Å². The molecule has 0 fully saturated rings. The van der Waals surface area contributed by atoms with Crippen molar-refractivity contribution in [1.29, 1.82) is 0 Å². The molecule has 0 atom stereocenters. The Bertz CT molecular complexity index is 1600. The topological polar surface area (TPSA) is 141 Å². The third-order valence-corrected chi connectivity index (χ3v) is 7.69. The third-order valence-electron chi connectivity index (χ3n) is 5.34. The number of carbonyl (C=O) groups excluding carboxylic acids is 1. The Morgan fingerprint density at radius 3 is 2.70 bits per heavy atom. The van der Waals surface area contributed by atoms with Gasteiger partial charge in [0, 0.05) is 37.6 Å². The van der Waals surface area contributed by atoms with Gasteiger partial charge in [0.15, 0.2) is 5.65 Å². The van der Waals surface area contributed by atoms with E-state index < -0.39 is 15.8 Å². The highest BCUT2D eigenvalue weighted by atomic mass is 35.5. The Morgan fingerprint density at radius 1 is 1.19 bits per heavy atom. The van der Waals surface area contributed by atoms with Crippen LogP contribution in [-0.2, 0) is 14.8 Å². The number of carbonyl (C=O) groups is 1. The summed E-state index contributed by atoms with van der Waals surface area (Å²) in [5.74, 6) is -1.11. The minimum absolute atomic E-state index is 0.0429. The first-order valence-corrected chi connectivity index (χ1v) is 13.0. The number of rotatable bonds is 9. The Balaban J connectivity index is 1.60. The molecule has 194 valence electrons. The third kappa shape index (κ3) is 5.47. The summed E-state index contributed by atoms with van der Waals surface area (Å²) in [6.07, 6.45) is 3.28. The van der Waals surface area contributed by atoms with Crippen molar-refractivity contribution in [3.8, 4) is 11.1 Å². The van der Waals surface area contributed by atoms with Crippen molar-refractivity contribution in [2.45, 2.75) is 11.3 Å². The summed E-state index contributed by atoms with van der Waals surface area (Å²) in [7, 11) is -2.57. The van der Waals surface area contributed by atoms with Gasteiger partial charge in [0.25, 0.3) is 15.9 Å². The lowest BCUT2D eigenvalue weighted by Crippen LogP contribution is -2.25. The van der Waals surface area contributed by atoms with Crippen LogP contribution < -0.4 is 15.8 Å². The number of methoxy groups -OCH3 is 1. The summed E-state index contributed by atoms with van der Waals surface area (Å²) in [6.45, 7) is 0.909. The van der Waals surface area contributed by atoms with Crippen LogP contribution >= 0.6 is 23.2 Å². The van der Waals surface area contributed by atoms with Crippen molar-refractivity contribution in [2.24, 2.45) is 0 Å². The Hall–Kier alpha value is -3.45. The van der Waals surface area contributed by atoms with Gasteiger partial charge in [-0.05, 0) is 36.8 Å². The number of nitrogens with one attached hydrogen (secondary N) is 2. The summed E-state index contributed by atoms with van der Waals surface area (Å²) >= 11 is 11.9. The van der Waals surface area contributed by atoms with Crippen molar-refractivity contribution >= 4 is 56.3 Å². The monoisotopic (exact) mass is 566 g/mol. The molecule has 4 aromatic rings. The van der Waals surface area contributed by atoms with Gasteiger partial charge < -0.3 is 15.8 Å². The lowest BCUT2D eigenvalue weighted by Gasteiger charge is -2.12. The van der Waals surface area contributed by atoms with Gasteiger partial charge >= 0.3 is 0 Å². The molecule has 37 heavy (non-hydrogen) atoms. The molecule has 2 heterocycles. The van der Waals surface area contributed by atoms with Crippen molar-refractivity contribution < 1.29 is 22.3 Å². The molecule has 0 bridgehead atoms. The van der Waals surface area contributed by atoms with E-state index in [2.05, 4.69) is 20.1 Å². The van der Waals surface area contributed by atoms with Crippen molar-refractivity contribution in [3.05, 3.63) is 70.2 Å². The van der Waals surface area contributed by atoms with Crippen molar-refractivity contribution in [3.63, 3.8) is 0 Å². The van der Waals surface area contributed by atoms with Crippen LogP contribution in [0.4, 0.5) is 15.9 Å². The molecule has 1 amide bonds. The number of nitrogens with two attached hydrogens (primary N) is 1. The van der Waals surface area contributed by atoms with Gasteiger partial charge in [-0.15, -0.1) is 0 Å². The summed E-state index contributed by atoms with van der Waals surface area (Å²) in [5, 5.41) is 6.78. The molecule has 0 aliphatic rings. The molecule has 2 aromatic carbocycles. The zero-order valence-corrected chi connectivity index (χ0v) is 21.7. The summed E-state index contributed by atoms with van der Waals surface area (Å²) in [5.41, 5.74) is 6.85. The standard InChI is InChI=1S/C23H21Cl2FN6O4S/c1-36-9-3-8-28-23(33)16-12-30-32-21(27)15(11-29-22(16)32)14-7-6-13(10-18(14)26)31-37(34,35)19-5-2-4-17(24)20(19)25/h2,4-7,10-12,31H,3,8-9,27H2,1H3,(H,28,33).